The number of carbonyl (C=O) groups is 1. The van der Waals surface area contributed by atoms with Crippen LogP contribution in [-0.4, -0.2) is 55.1 Å². The van der Waals surface area contributed by atoms with Crippen molar-refractivity contribution in [3.8, 4) is 11.1 Å². The molecule has 4 heterocycles. The van der Waals surface area contributed by atoms with Crippen LogP contribution in [0.4, 0.5) is 36.6 Å². The van der Waals surface area contributed by atoms with Crippen molar-refractivity contribution in [2.45, 2.75) is 62.2 Å². The molecule has 0 radical (unpaired) electrons. The van der Waals surface area contributed by atoms with Crippen molar-refractivity contribution in [1.29, 1.82) is 0 Å². The number of aryl methyl sites for hydroxylation is 1. The van der Waals surface area contributed by atoms with E-state index in [1.165, 1.54) is 17.8 Å². The molecule has 0 spiro atoms. The Hall–Kier alpha value is -5.24. The summed E-state index contributed by atoms with van der Waals surface area (Å²) >= 11 is 6.61. The molecule has 21 heteroatoms. The molecule has 9 rings (SSSR count). The Morgan fingerprint density at radius 3 is 2.46 bits per heavy atom. The number of H-pyrrole nitrogens is 1. The fraction of sp³-hybridized carbons (Fsp3) is 0.361. The predicted molar refractivity (Wildman–Crippen MR) is 192 cm³/mol. The van der Waals surface area contributed by atoms with Gasteiger partial charge in [-0.25, -0.2) is 27.2 Å². The van der Waals surface area contributed by atoms with Gasteiger partial charge < -0.3 is 10.3 Å². The summed E-state index contributed by atoms with van der Waals surface area (Å²) in [5.41, 5.74) is -1.34. The second-order valence-corrected chi connectivity index (χ2v) is 16.9. The molecule has 57 heavy (non-hydrogen) atoms. The smallest absolute Gasteiger partial charge is 0.346 e. The van der Waals surface area contributed by atoms with Gasteiger partial charge in [-0.15, -0.1) is 0 Å². The minimum Gasteiger partial charge on any atom is -0.346 e. The van der Waals surface area contributed by atoms with Crippen molar-refractivity contribution >= 4 is 55.4 Å². The van der Waals surface area contributed by atoms with Crippen molar-refractivity contribution in [3.05, 3.63) is 87.1 Å². The molecular weight excluding hydrogens is 807 g/mol. The highest BCUT2D eigenvalue weighted by Crippen LogP contribution is 2.68. The van der Waals surface area contributed by atoms with Crippen LogP contribution in [0.2, 0.25) is 5.02 Å². The molecule has 1 amide bonds. The molecule has 298 valence electrons. The summed E-state index contributed by atoms with van der Waals surface area (Å²) in [5, 5.41) is 10.8. The molecule has 3 atom stereocenters. The number of aromatic amines is 1. The number of anilines is 1. The zero-order valence-electron chi connectivity index (χ0n) is 29.6. The first-order valence-corrected chi connectivity index (χ1v) is 19.9. The molecule has 4 aromatic heterocycles. The number of benzene rings is 2. The fourth-order valence-electron chi connectivity index (χ4n) is 8.00. The third kappa shape index (κ3) is 6.55. The molecule has 12 nitrogen and oxygen atoms in total. The van der Waals surface area contributed by atoms with E-state index in [0.717, 1.165) is 31.2 Å². The summed E-state index contributed by atoms with van der Waals surface area (Å²) in [4.78, 5) is 26.7. The molecular formula is C36H29ClF7N9O3S. The summed E-state index contributed by atoms with van der Waals surface area (Å²) < 4.78 is 131. The summed E-state index contributed by atoms with van der Waals surface area (Å²) in [6.07, 6.45) is -2.86. The number of amides is 1. The maximum absolute atomic E-state index is 15.4. The van der Waals surface area contributed by atoms with Gasteiger partial charge >= 0.3 is 6.18 Å². The first-order chi connectivity index (χ1) is 26.8. The van der Waals surface area contributed by atoms with E-state index in [1.807, 2.05) is 0 Å². The third-order valence-electron chi connectivity index (χ3n) is 10.5. The Balaban J connectivity index is 1.20. The Morgan fingerprint density at radius 2 is 1.79 bits per heavy atom. The number of alkyl halides is 5. The van der Waals surface area contributed by atoms with E-state index >= 15 is 8.78 Å². The lowest BCUT2D eigenvalue weighted by Gasteiger charge is -2.23. The van der Waals surface area contributed by atoms with E-state index in [1.54, 1.807) is 12.1 Å². The summed E-state index contributed by atoms with van der Waals surface area (Å²) in [6, 6.07) is 6.12. The van der Waals surface area contributed by atoms with E-state index in [4.69, 9.17) is 16.6 Å². The number of nitrogens with one attached hydrogen (secondary N) is 3. The van der Waals surface area contributed by atoms with Crippen molar-refractivity contribution in [1.82, 2.24) is 39.8 Å². The Bertz CT molecular complexity index is 2780. The first-order valence-electron chi connectivity index (χ1n) is 17.6. The molecule has 2 saturated carbocycles. The zero-order chi connectivity index (χ0) is 40.5. The monoisotopic (exact) mass is 835 g/mol. The van der Waals surface area contributed by atoms with Gasteiger partial charge in [0.1, 0.15) is 29.7 Å². The van der Waals surface area contributed by atoms with Gasteiger partial charge in [0.05, 0.1) is 39.4 Å². The molecule has 0 bridgehead atoms. The third-order valence-corrected chi connectivity index (χ3v) is 11.4. The van der Waals surface area contributed by atoms with Gasteiger partial charge in [0.25, 0.3) is 5.92 Å². The van der Waals surface area contributed by atoms with Crippen LogP contribution in [0.3, 0.4) is 0 Å². The van der Waals surface area contributed by atoms with E-state index in [9.17, 15) is 35.2 Å². The van der Waals surface area contributed by atoms with Crippen molar-refractivity contribution in [2.24, 2.45) is 13.0 Å². The average Bonchev–Trinajstić information content (AvgIpc) is 3.98. The number of imidazole rings is 1. The highest BCUT2D eigenvalue weighted by Gasteiger charge is 2.68. The van der Waals surface area contributed by atoms with Crippen LogP contribution in [0.25, 0.3) is 33.2 Å². The largest absolute Gasteiger partial charge is 0.435 e. The lowest BCUT2D eigenvalue weighted by atomic mass is 9.94. The summed E-state index contributed by atoms with van der Waals surface area (Å²) in [7, 11) is -2.30. The van der Waals surface area contributed by atoms with E-state index in [0.29, 0.717) is 33.2 Å². The summed E-state index contributed by atoms with van der Waals surface area (Å²) in [5.74, 6) is -8.27. The SMILES string of the molecule is Cn1nc(NS(C)(=O)=O)c2c(Cl)ccc(-c3cc4[nH]c(C5CC5)nc4nc3[C@H](Cc3cc(F)cc(F)c3)NC(=O)Cn3nc(C(F)(F)F)c4c3C(F)(F)[C@@H]3C[C@H]43)c21. The van der Waals surface area contributed by atoms with E-state index in [-0.39, 0.29) is 57.5 Å². The quantitative estimate of drug-likeness (QED) is 0.123. The van der Waals surface area contributed by atoms with Crippen LogP contribution >= 0.6 is 11.6 Å². The Labute approximate surface area is 322 Å². The molecule has 2 aromatic carbocycles. The maximum Gasteiger partial charge on any atom is 0.435 e. The van der Waals surface area contributed by atoms with E-state index < -0.39 is 81.0 Å². The molecule has 0 aliphatic heterocycles. The average molecular weight is 836 g/mol. The van der Waals surface area contributed by atoms with Crippen LogP contribution in [0.15, 0.2) is 36.4 Å². The number of fused-ring (bicyclic) bond motifs is 5. The minimum atomic E-state index is -5.06. The fourth-order valence-corrected chi connectivity index (χ4v) is 8.73. The number of sulfonamides is 1. The van der Waals surface area contributed by atoms with Crippen molar-refractivity contribution < 1.29 is 43.9 Å². The predicted octanol–water partition coefficient (Wildman–Crippen LogP) is 7.22. The van der Waals surface area contributed by atoms with Crippen LogP contribution < -0.4 is 10.0 Å². The minimum absolute atomic E-state index is 0.0405. The molecule has 0 saturated heterocycles. The van der Waals surface area contributed by atoms with Gasteiger partial charge in [0.2, 0.25) is 15.9 Å². The Kier molecular flexibility index (Phi) is 8.27. The maximum atomic E-state index is 15.4. The number of halogens is 8. The molecule has 3 aliphatic rings. The van der Waals surface area contributed by atoms with Gasteiger partial charge in [-0.2, -0.15) is 32.1 Å². The topological polar surface area (TPSA) is 152 Å². The van der Waals surface area contributed by atoms with Gasteiger partial charge in [-0.05, 0) is 61.4 Å². The number of aromatic nitrogens is 7. The number of rotatable bonds is 10. The van der Waals surface area contributed by atoms with Gasteiger partial charge in [-0.1, -0.05) is 17.7 Å². The molecule has 6 aromatic rings. The normalized spacial score (nSPS) is 19.2. The molecule has 3 aliphatic carbocycles. The summed E-state index contributed by atoms with van der Waals surface area (Å²) in [6.45, 7) is -1.05. The standard InChI is InChI=1S/C36H29ClF7N9O3S/c1-52-29-18(5-6-22(37)27(29)34(50-52)51-57(2,55)56)19-12-24-33(48-32(46-24)15-3-4-15)47-28(19)23(9-14-7-16(38)10-17(39)8-14)45-25(54)13-53-31-26(30(49-53)36(42,43)44)20-11-21(20)35(31,40)41/h5-8,10,12,15,20-21,23H,3-4,9,11,13H2,1-2H3,(H,45,54)(H,50,51)(H,46,47,48)/t20-,21+,23-/m0/s1. The molecule has 2 fully saturated rings. The lowest BCUT2D eigenvalue weighted by Crippen LogP contribution is -2.35. The zero-order valence-corrected chi connectivity index (χ0v) is 31.2. The second-order valence-electron chi connectivity index (χ2n) is 14.8. The number of hydrogen-bond acceptors (Lipinski definition) is 7. The van der Waals surface area contributed by atoms with Gasteiger partial charge in [0.15, 0.2) is 17.2 Å². The number of hydrogen-bond donors (Lipinski definition) is 3. The van der Waals surface area contributed by atoms with Crippen molar-refractivity contribution in [2.75, 3.05) is 11.0 Å². The number of pyridine rings is 1. The van der Waals surface area contributed by atoms with Crippen molar-refractivity contribution in [3.63, 3.8) is 0 Å². The number of carbonyl (C=O) groups excluding carboxylic acids is 1. The highest BCUT2D eigenvalue weighted by molar-refractivity contribution is 7.92. The number of nitrogens with zero attached hydrogens (tertiary/aromatic N) is 6. The second kappa shape index (κ2) is 12.6. The van der Waals surface area contributed by atoms with Gasteiger partial charge in [0, 0.05) is 41.6 Å². The first kappa shape index (κ1) is 37.3. The van der Waals surface area contributed by atoms with Crippen LogP contribution in [0.5, 0.6) is 0 Å². The van der Waals surface area contributed by atoms with Crippen LogP contribution in [0, 0.1) is 17.6 Å². The van der Waals surface area contributed by atoms with Crippen LogP contribution in [0.1, 0.15) is 71.2 Å². The highest BCUT2D eigenvalue weighted by atomic mass is 35.5. The molecule has 3 N–H and O–H groups in total. The van der Waals surface area contributed by atoms with E-state index in [2.05, 4.69) is 30.2 Å². The Morgan fingerprint density at radius 1 is 1.07 bits per heavy atom. The van der Waals surface area contributed by atoms with Gasteiger partial charge in [-0.3, -0.25) is 18.9 Å². The van der Waals surface area contributed by atoms with Crippen LogP contribution in [-0.2, 0) is 46.9 Å². The molecule has 0 unspecified atom stereocenters. The lowest BCUT2D eigenvalue weighted by molar-refractivity contribution is -0.142.